The van der Waals surface area contributed by atoms with E-state index in [4.69, 9.17) is 9.47 Å². The zero-order valence-electron chi connectivity index (χ0n) is 20.3. The summed E-state index contributed by atoms with van der Waals surface area (Å²) in [5, 5.41) is 2.45. The van der Waals surface area contributed by atoms with E-state index in [9.17, 15) is 14.4 Å². The topological polar surface area (TPSA) is 84.9 Å². The van der Waals surface area contributed by atoms with Gasteiger partial charge in [-0.2, -0.15) is 0 Å². The van der Waals surface area contributed by atoms with Gasteiger partial charge in [0.1, 0.15) is 0 Å². The molecule has 0 aromatic heterocycles. The highest BCUT2D eigenvalue weighted by molar-refractivity contribution is 9.10. The van der Waals surface area contributed by atoms with Crippen LogP contribution in [0.15, 0.2) is 76.1 Å². The average molecular weight is 581 g/mol. The summed E-state index contributed by atoms with van der Waals surface area (Å²) in [5.74, 6) is 0.124. The van der Waals surface area contributed by atoms with E-state index in [0.29, 0.717) is 38.7 Å². The van der Waals surface area contributed by atoms with E-state index < -0.39 is 0 Å². The fourth-order valence-corrected chi connectivity index (χ4v) is 5.01. The molecule has 0 unspecified atom stereocenters. The largest absolute Gasteiger partial charge is 0.490 e. The smallest absolute Gasteiger partial charge is 0.293 e. The highest BCUT2D eigenvalue weighted by Crippen LogP contribution is 2.39. The minimum Gasteiger partial charge on any atom is -0.490 e. The van der Waals surface area contributed by atoms with Crippen LogP contribution >= 0.6 is 27.7 Å². The Morgan fingerprint density at radius 3 is 2.49 bits per heavy atom. The number of anilines is 1. The SMILES string of the molecule is CCOc1cc(/C=C2\SC(=O)N(Cc3ccc(C)cc3)C2=O)cc(Br)c1OCC(=O)Nc1ccccc1. The number of carbonyl (C=O) groups excluding carboxylic acids is 3. The number of aryl methyl sites for hydroxylation is 1. The Kier molecular flexibility index (Phi) is 8.68. The summed E-state index contributed by atoms with van der Waals surface area (Å²) in [7, 11) is 0. The summed E-state index contributed by atoms with van der Waals surface area (Å²) in [4.78, 5) is 39.4. The van der Waals surface area contributed by atoms with Crippen molar-refractivity contribution in [3.05, 3.63) is 92.8 Å². The molecule has 0 aliphatic carbocycles. The molecule has 9 heteroatoms. The number of nitrogens with one attached hydrogen (secondary N) is 1. The van der Waals surface area contributed by atoms with Crippen molar-refractivity contribution in [2.45, 2.75) is 20.4 Å². The summed E-state index contributed by atoms with van der Waals surface area (Å²) in [6.07, 6.45) is 1.65. The first kappa shape index (κ1) is 26.5. The second kappa shape index (κ2) is 12.1. The number of rotatable bonds is 9. The first-order chi connectivity index (χ1) is 17.8. The van der Waals surface area contributed by atoms with E-state index in [2.05, 4.69) is 21.2 Å². The second-order valence-corrected chi connectivity index (χ2v) is 10.1. The Morgan fingerprint density at radius 2 is 1.78 bits per heavy atom. The number of benzene rings is 3. The fraction of sp³-hybridized carbons (Fsp3) is 0.179. The lowest BCUT2D eigenvalue weighted by molar-refractivity contribution is -0.123. The third kappa shape index (κ3) is 6.81. The Bertz CT molecular complexity index is 1340. The van der Waals surface area contributed by atoms with Crippen molar-refractivity contribution in [3.63, 3.8) is 0 Å². The molecule has 4 rings (SSSR count). The number of amides is 3. The maximum absolute atomic E-state index is 13.0. The summed E-state index contributed by atoms with van der Waals surface area (Å²) in [6, 6.07) is 20.3. The first-order valence-corrected chi connectivity index (χ1v) is 13.2. The van der Waals surface area contributed by atoms with E-state index in [1.165, 1.54) is 4.90 Å². The predicted octanol–water partition coefficient (Wildman–Crippen LogP) is 6.41. The molecule has 0 saturated carbocycles. The molecule has 190 valence electrons. The molecule has 3 aromatic carbocycles. The zero-order chi connectivity index (χ0) is 26.4. The normalized spacial score (nSPS) is 14.2. The number of carbonyl (C=O) groups is 3. The Morgan fingerprint density at radius 1 is 1.05 bits per heavy atom. The molecular weight excluding hydrogens is 556 g/mol. The van der Waals surface area contributed by atoms with E-state index in [1.54, 1.807) is 30.3 Å². The number of para-hydroxylation sites is 1. The van der Waals surface area contributed by atoms with Crippen molar-refractivity contribution in [3.8, 4) is 11.5 Å². The van der Waals surface area contributed by atoms with Crippen LogP contribution in [-0.4, -0.2) is 35.2 Å². The van der Waals surface area contributed by atoms with Gasteiger partial charge in [-0.1, -0.05) is 48.0 Å². The molecule has 3 amide bonds. The second-order valence-electron chi connectivity index (χ2n) is 8.22. The van der Waals surface area contributed by atoms with Gasteiger partial charge in [-0.15, -0.1) is 0 Å². The molecule has 1 aliphatic heterocycles. The molecule has 1 aliphatic rings. The predicted molar refractivity (Wildman–Crippen MR) is 149 cm³/mol. The van der Waals surface area contributed by atoms with Gasteiger partial charge in [0.25, 0.3) is 17.1 Å². The maximum Gasteiger partial charge on any atom is 0.293 e. The molecule has 3 aromatic rings. The Labute approximate surface area is 228 Å². The van der Waals surface area contributed by atoms with Gasteiger partial charge in [0.05, 0.1) is 22.5 Å². The van der Waals surface area contributed by atoms with Crippen LogP contribution in [0.25, 0.3) is 6.08 Å². The minimum atomic E-state index is -0.345. The zero-order valence-corrected chi connectivity index (χ0v) is 22.7. The summed E-state index contributed by atoms with van der Waals surface area (Å²) >= 11 is 4.39. The van der Waals surface area contributed by atoms with Crippen molar-refractivity contribution >= 4 is 56.5 Å². The highest BCUT2D eigenvalue weighted by atomic mass is 79.9. The lowest BCUT2D eigenvalue weighted by Gasteiger charge is -2.15. The molecule has 7 nitrogen and oxygen atoms in total. The molecule has 1 N–H and O–H groups in total. The van der Waals surface area contributed by atoms with Crippen molar-refractivity contribution in [1.82, 2.24) is 4.90 Å². The van der Waals surface area contributed by atoms with Gasteiger partial charge in [-0.25, -0.2) is 0 Å². The number of nitrogens with zero attached hydrogens (tertiary/aromatic N) is 1. The molecule has 0 spiro atoms. The number of halogens is 1. The number of ether oxygens (including phenoxy) is 2. The first-order valence-electron chi connectivity index (χ1n) is 11.6. The van der Waals surface area contributed by atoms with Crippen LogP contribution in [0.2, 0.25) is 0 Å². The lowest BCUT2D eigenvalue weighted by atomic mass is 10.1. The van der Waals surface area contributed by atoms with Gasteiger partial charge in [-0.3, -0.25) is 19.3 Å². The molecule has 0 radical (unpaired) electrons. The molecule has 1 fully saturated rings. The van der Waals surface area contributed by atoms with E-state index in [0.717, 1.165) is 22.9 Å². The number of imide groups is 1. The quantitative estimate of drug-likeness (QED) is 0.294. The standard InChI is InChI=1S/C28H25BrN2O5S/c1-3-35-23-14-20(13-22(29)26(23)36-17-25(32)30-21-7-5-4-6-8-21)15-24-27(33)31(28(34)37-24)16-19-11-9-18(2)10-12-19/h4-15H,3,16-17H2,1-2H3,(H,30,32)/b24-15-. The average Bonchev–Trinajstić information content (AvgIpc) is 3.13. The summed E-state index contributed by atoms with van der Waals surface area (Å²) < 4.78 is 12.1. The van der Waals surface area contributed by atoms with Crippen molar-refractivity contribution in [2.75, 3.05) is 18.5 Å². The van der Waals surface area contributed by atoms with Gasteiger partial charge in [0.15, 0.2) is 18.1 Å². The molecule has 0 bridgehead atoms. The van der Waals surface area contributed by atoms with E-state index >= 15 is 0 Å². The van der Waals surface area contributed by atoms with Gasteiger partial charge in [-0.05, 0) is 83.0 Å². The third-order valence-corrected chi connectivity index (χ3v) is 6.87. The summed E-state index contributed by atoms with van der Waals surface area (Å²) in [5.41, 5.74) is 3.31. The Hall–Kier alpha value is -3.56. The van der Waals surface area contributed by atoms with Gasteiger partial charge < -0.3 is 14.8 Å². The minimum absolute atomic E-state index is 0.216. The van der Waals surface area contributed by atoms with Gasteiger partial charge >= 0.3 is 0 Å². The molecule has 37 heavy (non-hydrogen) atoms. The fourth-order valence-electron chi connectivity index (χ4n) is 3.59. The van der Waals surface area contributed by atoms with Crippen LogP contribution in [0, 0.1) is 6.92 Å². The summed E-state index contributed by atoms with van der Waals surface area (Å²) in [6.45, 7) is 4.19. The van der Waals surface area contributed by atoms with Gasteiger partial charge in [0.2, 0.25) is 0 Å². The van der Waals surface area contributed by atoms with Crippen LogP contribution in [0.4, 0.5) is 10.5 Å². The van der Waals surface area contributed by atoms with Crippen molar-refractivity contribution < 1.29 is 23.9 Å². The number of hydrogen-bond donors (Lipinski definition) is 1. The molecular formula is C28H25BrN2O5S. The van der Waals surface area contributed by atoms with Crippen molar-refractivity contribution in [1.29, 1.82) is 0 Å². The third-order valence-electron chi connectivity index (χ3n) is 5.37. The highest BCUT2D eigenvalue weighted by Gasteiger charge is 2.35. The van der Waals surface area contributed by atoms with Crippen LogP contribution in [-0.2, 0) is 16.1 Å². The van der Waals surface area contributed by atoms with Crippen LogP contribution in [0.3, 0.4) is 0 Å². The van der Waals surface area contributed by atoms with Crippen LogP contribution < -0.4 is 14.8 Å². The van der Waals surface area contributed by atoms with Crippen molar-refractivity contribution in [2.24, 2.45) is 0 Å². The Balaban J connectivity index is 1.49. The van der Waals surface area contributed by atoms with E-state index in [-0.39, 0.29) is 30.2 Å². The van der Waals surface area contributed by atoms with Crippen LogP contribution in [0.5, 0.6) is 11.5 Å². The number of thioether (sulfide) groups is 1. The number of hydrogen-bond acceptors (Lipinski definition) is 6. The molecule has 1 heterocycles. The van der Waals surface area contributed by atoms with E-state index in [1.807, 2.05) is 56.3 Å². The van der Waals surface area contributed by atoms with Crippen LogP contribution in [0.1, 0.15) is 23.6 Å². The molecule has 0 atom stereocenters. The maximum atomic E-state index is 13.0. The lowest BCUT2D eigenvalue weighted by Crippen LogP contribution is -2.27. The van der Waals surface area contributed by atoms with Gasteiger partial charge in [0, 0.05) is 5.69 Å². The monoisotopic (exact) mass is 580 g/mol. The molecule has 1 saturated heterocycles.